The molecule has 4 aromatic rings. The Hall–Kier alpha value is -3.29. The van der Waals surface area contributed by atoms with Crippen LogP contribution in [0, 0.1) is 0 Å². The Morgan fingerprint density at radius 3 is 2.22 bits per heavy atom. The zero-order valence-electron chi connectivity index (χ0n) is 21.2. The van der Waals surface area contributed by atoms with Crippen LogP contribution in [-0.2, 0) is 0 Å². The highest BCUT2D eigenvalue weighted by atomic mass is 35.5. The Balaban J connectivity index is 1.48. The van der Waals surface area contributed by atoms with E-state index in [1.54, 1.807) is 23.9 Å². The van der Waals surface area contributed by atoms with Gasteiger partial charge in [-0.15, -0.1) is 11.8 Å². The molecule has 0 fully saturated rings. The maximum atomic E-state index is 13.0. The molecule has 0 aliphatic carbocycles. The van der Waals surface area contributed by atoms with Crippen molar-refractivity contribution < 1.29 is 19.0 Å². The number of carbonyl (C=O) groups excluding carboxylic acids is 1. The summed E-state index contributed by atoms with van der Waals surface area (Å²) in [6, 6.07) is 19.4. The minimum Gasteiger partial charge on any atom is -0.490 e. The number of ether oxygens (including phenoxy) is 3. The number of benzene rings is 3. The number of hydrogen-bond acceptors (Lipinski definition) is 5. The van der Waals surface area contributed by atoms with Crippen molar-refractivity contribution in [2.45, 2.75) is 25.7 Å². The molecule has 194 valence electrons. The summed E-state index contributed by atoms with van der Waals surface area (Å²) < 4.78 is 17.2. The number of aromatic nitrogens is 1. The van der Waals surface area contributed by atoms with Gasteiger partial charge in [-0.2, -0.15) is 0 Å². The van der Waals surface area contributed by atoms with E-state index in [0.29, 0.717) is 60.0 Å². The van der Waals surface area contributed by atoms with Crippen LogP contribution in [0.2, 0.25) is 5.02 Å². The van der Waals surface area contributed by atoms with Gasteiger partial charge in [0.1, 0.15) is 0 Å². The second-order valence-electron chi connectivity index (χ2n) is 8.09. The van der Waals surface area contributed by atoms with E-state index in [-0.39, 0.29) is 5.91 Å². The summed E-state index contributed by atoms with van der Waals surface area (Å²) in [5.74, 6) is 2.03. The molecule has 0 spiro atoms. The molecular weight excluding hydrogens is 508 g/mol. The summed E-state index contributed by atoms with van der Waals surface area (Å²) in [7, 11) is 0. The summed E-state index contributed by atoms with van der Waals surface area (Å²) in [6.07, 6.45) is 0. The lowest BCUT2D eigenvalue weighted by molar-refractivity contribution is 0.0955. The molecule has 2 N–H and O–H groups in total. The first-order valence-electron chi connectivity index (χ1n) is 12.4. The summed E-state index contributed by atoms with van der Waals surface area (Å²) in [4.78, 5) is 17.7. The molecule has 1 aromatic heterocycles. The van der Waals surface area contributed by atoms with E-state index in [0.717, 1.165) is 27.1 Å². The van der Waals surface area contributed by atoms with Crippen LogP contribution in [0.4, 0.5) is 0 Å². The fraction of sp³-hybridized carbons (Fsp3) is 0.276. The minimum absolute atomic E-state index is 0.192. The number of halogens is 1. The monoisotopic (exact) mass is 538 g/mol. The van der Waals surface area contributed by atoms with Gasteiger partial charge in [0.2, 0.25) is 5.75 Å². The molecule has 0 saturated heterocycles. The van der Waals surface area contributed by atoms with Gasteiger partial charge in [0.25, 0.3) is 5.91 Å². The molecule has 1 heterocycles. The Morgan fingerprint density at radius 1 is 0.919 bits per heavy atom. The molecule has 0 saturated carbocycles. The quantitative estimate of drug-likeness (QED) is 0.147. The van der Waals surface area contributed by atoms with Crippen LogP contribution in [0.5, 0.6) is 17.2 Å². The van der Waals surface area contributed by atoms with Gasteiger partial charge in [0, 0.05) is 38.7 Å². The normalized spacial score (nSPS) is 10.9. The summed E-state index contributed by atoms with van der Waals surface area (Å²) >= 11 is 7.80. The molecule has 0 radical (unpaired) electrons. The number of aromatic amines is 1. The highest BCUT2D eigenvalue weighted by Gasteiger charge is 2.19. The second kappa shape index (κ2) is 12.8. The molecule has 0 unspecified atom stereocenters. The second-order valence-corrected chi connectivity index (χ2v) is 9.63. The van der Waals surface area contributed by atoms with Gasteiger partial charge in [0.15, 0.2) is 11.5 Å². The van der Waals surface area contributed by atoms with E-state index in [9.17, 15) is 4.79 Å². The highest BCUT2D eigenvalue weighted by molar-refractivity contribution is 7.99. The lowest BCUT2D eigenvalue weighted by Crippen LogP contribution is -2.26. The van der Waals surface area contributed by atoms with Crippen molar-refractivity contribution in [1.29, 1.82) is 0 Å². The van der Waals surface area contributed by atoms with Crippen LogP contribution in [0.25, 0.3) is 22.2 Å². The minimum atomic E-state index is -0.192. The smallest absolute Gasteiger partial charge is 0.251 e. The van der Waals surface area contributed by atoms with Crippen molar-refractivity contribution in [2.24, 2.45) is 0 Å². The number of hydrogen-bond donors (Lipinski definition) is 2. The average molecular weight is 539 g/mol. The number of fused-ring (bicyclic) bond motifs is 1. The maximum Gasteiger partial charge on any atom is 0.251 e. The van der Waals surface area contributed by atoms with Crippen molar-refractivity contribution in [1.82, 2.24) is 10.3 Å². The first kappa shape index (κ1) is 26.8. The number of H-pyrrole nitrogens is 1. The topological polar surface area (TPSA) is 72.6 Å². The molecule has 0 aliphatic rings. The van der Waals surface area contributed by atoms with Gasteiger partial charge in [-0.1, -0.05) is 41.9 Å². The summed E-state index contributed by atoms with van der Waals surface area (Å²) in [5.41, 5.74) is 3.64. The van der Waals surface area contributed by atoms with E-state index in [1.165, 1.54) is 0 Å². The maximum absolute atomic E-state index is 13.0. The Morgan fingerprint density at radius 2 is 1.57 bits per heavy atom. The molecule has 1 amide bonds. The average Bonchev–Trinajstić information content (AvgIpc) is 3.27. The Kier molecular flexibility index (Phi) is 9.25. The fourth-order valence-corrected chi connectivity index (χ4v) is 5.21. The summed E-state index contributed by atoms with van der Waals surface area (Å²) in [5, 5.41) is 4.88. The molecule has 0 bridgehead atoms. The number of nitrogens with one attached hydrogen (secondary N) is 2. The lowest BCUT2D eigenvalue weighted by Gasteiger charge is -2.17. The Labute approximate surface area is 226 Å². The third-order valence-electron chi connectivity index (χ3n) is 5.60. The highest BCUT2D eigenvalue weighted by Crippen LogP contribution is 2.40. The third kappa shape index (κ3) is 6.35. The molecule has 3 aromatic carbocycles. The van der Waals surface area contributed by atoms with E-state index in [4.69, 9.17) is 25.8 Å². The van der Waals surface area contributed by atoms with Crippen molar-refractivity contribution in [3.05, 3.63) is 71.2 Å². The molecule has 8 heteroatoms. The largest absolute Gasteiger partial charge is 0.490 e. The van der Waals surface area contributed by atoms with Gasteiger partial charge >= 0.3 is 0 Å². The van der Waals surface area contributed by atoms with Gasteiger partial charge in [-0.3, -0.25) is 4.79 Å². The SMILES string of the molecule is CCOc1cc(C(=O)NCCSc2c(-c3ccc(Cl)cc3)[nH]c3ccccc23)cc(OCC)c1OCC. The zero-order chi connectivity index (χ0) is 26.2. The van der Waals surface area contributed by atoms with E-state index in [2.05, 4.69) is 22.4 Å². The standard InChI is InChI=1S/C29H31ClN2O4S/c1-4-34-24-17-20(18-25(35-5-2)27(24)36-6-3)29(33)31-15-16-37-28-22-9-7-8-10-23(22)32-26(28)19-11-13-21(30)14-12-19/h7-14,17-18,32H,4-6,15-16H2,1-3H3,(H,31,33). The Bertz CT molecular complexity index is 1330. The molecular formula is C29H31ClN2O4S. The number of rotatable bonds is 12. The van der Waals surface area contributed by atoms with Gasteiger partial charge in [-0.05, 0) is 56.7 Å². The third-order valence-corrected chi connectivity index (χ3v) is 6.97. The van der Waals surface area contributed by atoms with Gasteiger partial charge in [-0.25, -0.2) is 0 Å². The molecule has 37 heavy (non-hydrogen) atoms. The number of amides is 1. The first-order valence-corrected chi connectivity index (χ1v) is 13.8. The lowest BCUT2D eigenvalue weighted by atomic mass is 10.1. The van der Waals surface area contributed by atoms with Gasteiger partial charge < -0.3 is 24.5 Å². The van der Waals surface area contributed by atoms with Crippen LogP contribution >= 0.6 is 23.4 Å². The van der Waals surface area contributed by atoms with Crippen molar-refractivity contribution in [3.63, 3.8) is 0 Å². The van der Waals surface area contributed by atoms with Gasteiger partial charge in [0.05, 0.1) is 25.5 Å². The number of thioether (sulfide) groups is 1. The molecule has 0 atom stereocenters. The van der Waals surface area contributed by atoms with Crippen LogP contribution in [-0.4, -0.2) is 43.0 Å². The number of para-hydroxylation sites is 1. The van der Waals surface area contributed by atoms with Crippen molar-refractivity contribution >= 4 is 40.2 Å². The van der Waals surface area contributed by atoms with Crippen LogP contribution in [0.15, 0.2) is 65.6 Å². The molecule has 6 nitrogen and oxygen atoms in total. The van der Waals surface area contributed by atoms with Crippen LogP contribution < -0.4 is 19.5 Å². The van der Waals surface area contributed by atoms with Crippen molar-refractivity contribution in [3.8, 4) is 28.5 Å². The van der Waals surface area contributed by atoms with Crippen LogP contribution in [0.1, 0.15) is 31.1 Å². The van der Waals surface area contributed by atoms with E-state index in [1.807, 2.05) is 57.2 Å². The molecule has 4 rings (SSSR count). The van der Waals surface area contributed by atoms with Crippen molar-refractivity contribution in [2.75, 3.05) is 32.1 Å². The predicted molar refractivity (Wildman–Crippen MR) is 152 cm³/mol. The summed E-state index contributed by atoms with van der Waals surface area (Å²) in [6.45, 7) is 7.54. The molecule has 0 aliphatic heterocycles. The number of carbonyl (C=O) groups is 1. The van der Waals surface area contributed by atoms with Crippen LogP contribution in [0.3, 0.4) is 0 Å². The zero-order valence-corrected chi connectivity index (χ0v) is 22.8. The van der Waals surface area contributed by atoms with E-state index >= 15 is 0 Å². The predicted octanol–water partition coefficient (Wildman–Crippen LogP) is 7.21. The first-order chi connectivity index (χ1) is 18.0. The van der Waals surface area contributed by atoms with E-state index < -0.39 is 0 Å². The fourth-order valence-electron chi connectivity index (χ4n) is 4.03.